The van der Waals surface area contributed by atoms with E-state index in [0.717, 1.165) is 12.1 Å². The number of benzene rings is 2. The average molecular weight is 362 g/mol. The molecule has 7 nitrogen and oxygen atoms in total. The van der Waals surface area contributed by atoms with Gasteiger partial charge in [0.2, 0.25) is 5.91 Å². The molecule has 1 N–H and O–H groups in total. The molecule has 0 saturated heterocycles. The molecule has 0 bridgehead atoms. The van der Waals surface area contributed by atoms with Crippen LogP contribution in [0.25, 0.3) is 10.9 Å². The lowest BCUT2D eigenvalue weighted by molar-refractivity contribution is -0.384. The van der Waals surface area contributed by atoms with Crippen LogP contribution in [0.4, 0.5) is 17.2 Å². The van der Waals surface area contributed by atoms with Crippen LogP contribution in [0.5, 0.6) is 0 Å². The second-order valence-electron chi connectivity index (χ2n) is 6.57. The summed E-state index contributed by atoms with van der Waals surface area (Å²) in [7, 11) is 0. The molecule has 27 heavy (non-hydrogen) atoms. The van der Waals surface area contributed by atoms with Crippen LogP contribution in [-0.2, 0) is 11.2 Å². The van der Waals surface area contributed by atoms with Crippen molar-refractivity contribution in [1.82, 2.24) is 4.98 Å². The monoisotopic (exact) mass is 362 g/mol. The predicted molar refractivity (Wildman–Crippen MR) is 104 cm³/mol. The Bertz CT molecular complexity index is 1050. The Morgan fingerprint density at radius 3 is 2.85 bits per heavy atom. The Kier molecular flexibility index (Phi) is 4.19. The van der Waals surface area contributed by atoms with Crippen LogP contribution in [0.3, 0.4) is 0 Å². The minimum absolute atomic E-state index is 0.00875. The molecule has 0 saturated carbocycles. The van der Waals surface area contributed by atoms with E-state index >= 15 is 0 Å². The summed E-state index contributed by atoms with van der Waals surface area (Å²) in [5.41, 5.74) is 2.82. The van der Waals surface area contributed by atoms with Crippen molar-refractivity contribution in [3.8, 4) is 0 Å². The number of hydrogen-bond acceptors (Lipinski definition) is 5. The number of para-hydroxylation sites is 1. The van der Waals surface area contributed by atoms with Gasteiger partial charge in [-0.15, -0.1) is 0 Å². The van der Waals surface area contributed by atoms with Crippen molar-refractivity contribution in [2.75, 3.05) is 16.8 Å². The van der Waals surface area contributed by atoms with Gasteiger partial charge in [-0.25, -0.2) is 4.98 Å². The van der Waals surface area contributed by atoms with Gasteiger partial charge < -0.3 is 10.2 Å². The molecule has 0 aliphatic carbocycles. The zero-order chi connectivity index (χ0) is 19.0. The molecular weight excluding hydrogens is 344 g/mol. The molecule has 3 aromatic rings. The number of fused-ring (bicyclic) bond motifs is 2. The smallest absolute Gasteiger partial charge is 0.270 e. The molecule has 4 rings (SSSR count). The number of anilines is 2. The lowest BCUT2D eigenvalue weighted by Gasteiger charge is -2.22. The number of non-ortho nitro benzene ring substituents is 1. The maximum Gasteiger partial charge on any atom is 0.270 e. The number of carbonyl (C=O) groups is 1. The van der Waals surface area contributed by atoms with Crippen LogP contribution in [0.2, 0.25) is 0 Å². The Labute approximate surface area is 155 Å². The third kappa shape index (κ3) is 3.19. The molecule has 0 radical (unpaired) electrons. The number of carbonyl (C=O) groups excluding carboxylic acids is 1. The number of nitrogens with one attached hydrogen (secondary N) is 1. The number of nitro groups is 1. The fourth-order valence-corrected chi connectivity index (χ4v) is 3.39. The van der Waals surface area contributed by atoms with Gasteiger partial charge in [0.1, 0.15) is 11.9 Å². The number of pyridine rings is 1. The molecule has 1 amide bonds. The molecule has 1 aromatic heterocycles. The lowest BCUT2D eigenvalue weighted by Crippen LogP contribution is -2.40. The minimum atomic E-state index is -0.445. The Morgan fingerprint density at radius 2 is 2.04 bits per heavy atom. The van der Waals surface area contributed by atoms with Gasteiger partial charge in [0.25, 0.3) is 5.69 Å². The third-order valence-electron chi connectivity index (χ3n) is 4.77. The van der Waals surface area contributed by atoms with Gasteiger partial charge in [0.05, 0.1) is 10.4 Å². The summed E-state index contributed by atoms with van der Waals surface area (Å²) in [6.07, 6.45) is 0.863. The second kappa shape index (κ2) is 6.68. The van der Waals surface area contributed by atoms with E-state index in [4.69, 9.17) is 0 Å². The molecule has 0 spiro atoms. The van der Waals surface area contributed by atoms with E-state index in [1.807, 2.05) is 31.2 Å². The molecule has 1 unspecified atom stereocenters. The summed E-state index contributed by atoms with van der Waals surface area (Å²) in [4.78, 5) is 29.6. The minimum Gasteiger partial charge on any atom is -0.359 e. The van der Waals surface area contributed by atoms with E-state index < -0.39 is 11.0 Å². The fraction of sp³-hybridized carbons (Fsp3) is 0.200. The van der Waals surface area contributed by atoms with E-state index in [0.29, 0.717) is 23.3 Å². The van der Waals surface area contributed by atoms with Gasteiger partial charge in [0, 0.05) is 29.8 Å². The first kappa shape index (κ1) is 17.0. The summed E-state index contributed by atoms with van der Waals surface area (Å²) >= 11 is 0. The first-order valence-electron chi connectivity index (χ1n) is 8.74. The van der Waals surface area contributed by atoms with E-state index in [1.165, 1.54) is 17.7 Å². The van der Waals surface area contributed by atoms with E-state index in [2.05, 4.69) is 10.3 Å². The van der Waals surface area contributed by atoms with Crippen molar-refractivity contribution in [2.24, 2.45) is 0 Å². The number of nitrogens with zero attached hydrogens (tertiary/aromatic N) is 3. The first-order valence-corrected chi connectivity index (χ1v) is 8.74. The van der Waals surface area contributed by atoms with E-state index in [-0.39, 0.29) is 11.6 Å². The summed E-state index contributed by atoms with van der Waals surface area (Å²) in [5, 5.41) is 14.7. The number of nitro benzene ring substituents is 1. The van der Waals surface area contributed by atoms with Crippen molar-refractivity contribution < 1.29 is 9.72 Å². The van der Waals surface area contributed by atoms with Gasteiger partial charge in [0.15, 0.2) is 0 Å². The van der Waals surface area contributed by atoms with Crippen LogP contribution in [-0.4, -0.2) is 28.4 Å². The highest BCUT2D eigenvalue weighted by molar-refractivity contribution is 6.00. The Hall–Kier alpha value is -3.48. The summed E-state index contributed by atoms with van der Waals surface area (Å²) in [6.45, 7) is 2.49. The second-order valence-corrected chi connectivity index (χ2v) is 6.57. The summed E-state index contributed by atoms with van der Waals surface area (Å²) in [5.74, 6) is 0.551. The van der Waals surface area contributed by atoms with Gasteiger partial charge in [-0.2, -0.15) is 0 Å². The average Bonchev–Trinajstić information content (AvgIpc) is 3.11. The summed E-state index contributed by atoms with van der Waals surface area (Å²) in [6, 6.07) is 15.5. The van der Waals surface area contributed by atoms with Crippen LogP contribution in [0.1, 0.15) is 12.5 Å². The quantitative estimate of drug-likeness (QED) is 0.566. The zero-order valence-corrected chi connectivity index (χ0v) is 14.8. The molecule has 1 aliphatic heterocycles. The molecule has 7 heteroatoms. The van der Waals surface area contributed by atoms with Crippen LogP contribution >= 0.6 is 0 Å². The van der Waals surface area contributed by atoms with Crippen molar-refractivity contribution in [1.29, 1.82) is 0 Å². The molecule has 2 aromatic carbocycles. The highest BCUT2D eigenvalue weighted by atomic mass is 16.6. The van der Waals surface area contributed by atoms with Gasteiger partial charge in [-0.3, -0.25) is 14.9 Å². The highest BCUT2D eigenvalue weighted by Gasteiger charge is 2.27. The largest absolute Gasteiger partial charge is 0.359 e. The van der Waals surface area contributed by atoms with Gasteiger partial charge in [-0.1, -0.05) is 18.2 Å². The van der Waals surface area contributed by atoms with E-state index in [9.17, 15) is 14.9 Å². The van der Waals surface area contributed by atoms with Crippen molar-refractivity contribution in [3.05, 3.63) is 70.3 Å². The topological polar surface area (TPSA) is 88.4 Å². The standard InChI is InChI=1S/C20H18N4O3/c1-13(20(25)23-11-10-14-4-2-3-5-18(14)23)21-19-9-6-15-12-16(24(26)27)7-8-17(15)22-19/h2-9,12-13H,10-11H2,1H3,(H,21,22). The normalized spacial score (nSPS) is 14.0. The van der Waals surface area contributed by atoms with Crippen molar-refractivity contribution in [3.63, 3.8) is 0 Å². The highest BCUT2D eigenvalue weighted by Crippen LogP contribution is 2.28. The van der Waals surface area contributed by atoms with E-state index in [1.54, 1.807) is 23.1 Å². The maximum absolute atomic E-state index is 12.9. The summed E-state index contributed by atoms with van der Waals surface area (Å²) < 4.78 is 0. The molecular formula is C20H18N4O3. The molecule has 136 valence electrons. The number of rotatable bonds is 4. The SMILES string of the molecule is CC(Nc1ccc2cc([N+](=O)[O-])ccc2n1)C(=O)N1CCc2ccccc21. The number of aromatic nitrogens is 1. The maximum atomic E-state index is 12.9. The Balaban J connectivity index is 1.52. The van der Waals surface area contributed by atoms with Gasteiger partial charge in [-0.05, 0) is 43.2 Å². The Morgan fingerprint density at radius 1 is 1.22 bits per heavy atom. The molecule has 2 heterocycles. The van der Waals surface area contributed by atoms with Crippen LogP contribution < -0.4 is 10.2 Å². The van der Waals surface area contributed by atoms with Crippen LogP contribution in [0.15, 0.2) is 54.6 Å². The third-order valence-corrected chi connectivity index (χ3v) is 4.77. The first-order chi connectivity index (χ1) is 13.0. The lowest BCUT2D eigenvalue weighted by atomic mass is 10.2. The van der Waals surface area contributed by atoms with Crippen molar-refractivity contribution in [2.45, 2.75) is 19.4 Å². The fourth-order valence-electron chi connectivity index (χ4n) is 3.39. The van der Waals surface area contributed by atoms with Gasteiger partial charge >= 0.3 is 0 Å². The number of amides is 1. The molecule has 1 aliphatic rings. The zero-order valence-electron chi connectivity index (χ0n) is 14.8. The predicted octanol–water partition coefficient (Wildman–Crippen LogP) is 3.53. The van der Waals surface area contributed by atoms with Crippen molar-refractivity contribution >= 4 is 34.0 Å². The van der Waals surface area contributed by atoms with Crippen LogP contribution in [0, 0.1) is 10.1 Å². The number of hydrogen-bond donors (Lipinski definition) is 1. The molecule has 1 atom stereocenters. The molecule has 0 fully saturated rings.